The smallest absolute Gasteiger partial charge is 0.241 e. The molecule has 2 N–H and O–H groups in total. The van der Waals surface area contributed by atoms with E-state index in [9.17, 15) is 4.79 Å². The number of guanidine groups is 1. The summed E-state index contributed by atoms with van der Waals surface area (Å²) in [7, 11) is 5.12. The largest absolute Gasteiger partial charge is 0.497 e. The molecule has 0 radical (unpaired) electrons. The predicted octanol–water partition coefficient (Wildman–Crippen LogP) is 1.89. The molecule has 3 rings (SSSR count). The normalized spacial score (nSPS) is 20.8. The van der Waals surface area contributed by atoms with Crippen LogP contribution >= 0.6 is 0 Å². The molecule has 1 heterocycles. The third kappa shape index (κ3) is 6.34. The van der Waals surface area contributed by atoms with Crippen LogP contribution in [-0.4, -0.2) is 69.6 Å². The number of carbonyl (C=O) groups is 1. The first-order valence-electron chi connectivity index (χ1n) is 10.7. The monoisotopic (exact) mass is 418 g/mol. The van der Waals surface area contributed by atoms with Crippen molar-refractivity contribution in [2.75, 3.05) is 40.9 Å². The van der Waals surface area contributed by atoms with Gasteiger partial charge in [-0.1, -0.05) is 18.6 Å². The minimum atomic E-state index is -0.390. The fourth-order valence-corrected chi connectivity index (χ4v) is 3.67. The van der Waals surface area contributed by atoms with E-state index in [-0.39, 0.29) is 24.3 Å². The molecular formula is C22H34N4O4. The summed E-state index contributed by atoms with van der Waals surface area (Å²) in [5.74, 6) is 0.981. The fraction of sp³-hybridized carbons (Fsp3) is 0.636. The summed E-state index contributed by atoms with van der Waals surface area (Å²) in [6, 6.07) is 7.78. The lowest BCUT2D eigenvalue weighted by Gasteiger charge is -2.31. The van der Waals surface area contributed by atoms with Crippen LogP contribution in [0, 0.1) is 0 Å². The van der Waals surface area contributed by atoms with Gasteiger partial charge in [0.1, 0.15) is 11.9 Å². The van der Waals surface area contributed by atoms with Crippen LogP contribution in [0.15, 0.2) is 29.3 Å². The third-order valence-electron chi connectivity index (χ3n) is 5.51. The lowest BCUT2D eigenvalue weighted by atomic mass is 9.94. The minimum absolute atomic E-state index is 0.0180. The molecule has 0 aromatic heterocycles. The Morgan fingerprint density at radius 1 is 1.20 bits per heavy atom. The van der Waals surface area contributed by atoms with Gasteiger partial charge in [-0.3, -0.25) is 4.79 Å². The molecule has 1 aliphatic carbocycles. The number of nitrogens with zero attached hydrogens (tertiary/aromatic N) is 2. The zero-order valence-corrected chi connectivity index (χ0v) is 18.3. The summed E-state index contributed by atoms with van der Waals surface area (Å²) in [5, 5.41) is 6.42. The zero-order chi connectivity index (χ0) is 21.4. The van der Waals surface area contributed by atoms with Crippen molar-refractivity contribution in [2.24, 2.45) is 4.99 Å². The Morgan fingerprint density at radius 2 is 1.93 bits per heavy atom. The average molecular weight is 419 g/mol. The van der Waals surface area contributed by atoms with Crippen LogP contribution in [0.2, 0.25) is 0 Å². The summed E-state index contributed by atoms with van der Waals surface area (Å²) in [4.78, 5) is 18.2. The van der Waals surface area contributed by atoms with Gasteiger partial charge in [0.15, 0.2) is 11.7 Å². The molecule has 1 saturated heterocycles. The molecule has 1 aromatic carbocycles. The molecule has 2 fully saturated rings. The number of amides is 1. The van der Waals surface area contributed by atoms with E-state index >= 15 is 0 Å². The van der Waals surface area contributed by atoms with Gasteiger partial charge in [-0.15, -0.1) is 0 Å². The lowest BCUT2D eigenvalue weighted by Crippen LogP contribution is -2.45. The van der Waals surface area contributed by atoms with Crippen LogP contribution in [-0.2, 0) is 20.8 Å². The Bertz CT molecular complexity index is 714. The summed E-state index contributed by atoms with van der Waals surface area (Å²) in [6.07, 6.45) is 5.48. The van der Waals surface area contributed by atoms with Gasteiger partial charge in [0.2, 0.25) is 5.91 Å². The molecule has 1 unspecified atom stereocenters. The number of carbonyl (C=O) groups excluding carboxylic acids is 1. The van der Waals surface area contributed by atoms with E-state index in [1.165, 1.54) is 6.42 Å². The molecule has 2 aliphatic rings. The van der Waals surface area contributed by atoms with Crippen molar-refractivity contribution in [1.82, 2.24) is 15.5 Å². The molecule has 1 aromatic rings. The van der Waals surface area contributed by atoms with Gasteiger partial charge in [0, 0.05) is 33.5 Å². The highest BCUT2D eigenvalue weighted by atomic mass is 16.7. The van der Waals surface area contributed by atoms with Gasteiger partial charge >= 0.3 is 0 Å². The predicted molar refractivity (Wildman–Crippen MR) is 115 cm³/mol. The summed E-state index contributed by atoms with van der Waals surface area (Å²) < 4.78 is 17.4. The number of likely N-dealkylation sites (N-methyl/N-ethyl adjacent to an activating group) is 1. The van der Waals surface area contributed by atoms with E-state index in [1.807, 2.05) is 24.3 Å². The summed E-state index contributed by atoms with van der Waals surface area (Å²) >= 11 is 0. The van der Waals surface area contributed by atoms with E-state index in [4.69, 9.17) is 14.2 Å². The Labute approximate surface area is 179 Å². The summed E-state index contributed by atoms with van der Waals surface area (Å²) in [6.45, 7) is 1.82. The highest BCUT2D eigenvalue weighted by Gasteiger charge is 2.42. The van der Waals surface area contributed by atoms with Gasteiger partial charge in [-0.25, -0.2) is 4.99 Å². The third-order valence-corrected chi connectivity index (χ3v) is 5.51. The first-order valence-corrected chi connectivity index (χ1v) is 10.7. The van der Waals surface area contributed by atoms with Crippen molar-refractivity contribution in [3.8, 4) is 5.75 Å². The SMILES string of the molecule is COc1ccc(CN=C(NCC(=O)N(C)C)NCC2COC3(CCCCC3)O2)cc1. The Hall–Kier alpha value is -2.32. The number of methoxy groups -OCH3 is 1. The molecule has 30 heavy (non-hydrogen) atoms. The van der Waals surface area contributed by atoms with Crippen molar-refractivity contribution in [3.63, 3.8) is 0 Å². The van der Waals surface area contributed by atoms with Crippen molar-refractivity contribution >= 4 is 11.9 Å². The number of hydrogen-bond acceptors (Lipinski definition) is 5. The Balaban J connectivity index is 1.56. The molecule has 1 amide bonds. The van der Waals surface area contributed by atoms with Crippen molar-refractivity contribution in [3.05, 3.63) is 29.8 Å². The number of benzene rings is 1. The fourth-order valence-electron chi connectivity index (χ4n) is 3.67. The number of nitrogens with one attached hydrogen (secondary N) is 2. The van der Waals surface area contributed by atoms with E-state index in [1.54, 1.807) is 26.1 Å². The van der Waals surface area contributed by atoms with E-state index in [0.29, 0.717) is 25.7 Å². The molecule has 8 heteroatoms. The molecule has 8 nitrogen and oxygen atoms in total. The minimum Gasteiger partial charge on any atom is -0.497 e. The van der Waals surface area contributed by atoms with Crippen molar-refractivity contribution in [1.29, 1.82) is 0 Å². The molecule has 1 spiro atoms. The number of ether oxygens (including phenoxy) is 3. The highest BCUT2D eigenvalue weighted by molar-refractivity contribution is 5.86. The van der Waals surface area contributed by atoms with E-state index < -0.39 is 0 Å². The van der Waals surface area contributed by atoms with Crippen LogP contribution in [0.25, 0.3) is 0 Å². The Morgan fingerprint density at radius 3 is 2.60 bits per heavy atom. The van der Waals surface area contributed by atoms with Crippen LogP contribution < -0.4 is 15.4 Å². The number of rotatable bonds is 7. The molecule has 1 aliphatic heterocycles. The first-order chi connectivity index (χ1) is 14.5. The molecule has 1 atom stereocenters. The number of hydrogen-bond donors (Lipinski definition) is 2. The molecule has 1 saturated carbocycles. The van der Waals surface area contributed by atoms with Crippen molar-refractivity contribution < 1.29 is 19.0 Å². The van der Waals surface area contributed by atoms with Crippen LogP contribution in [0.1, 0.15) is 37.7 Å². The standard InChI is InChI=1S/C22H34N4O4/c1-26(2)20(27)15-25-21(23-13-17-7-9-18(28-3)10-8-17)24-14-19-16-29-22(30-19)11-5-4-6-12-22/h7-10,19H,4-6,11-16H2,1-3H3,(H2,23,24,25). The first kappa shape index (κ1) is 22.4. The maximum Gasteiger partial charge on any atom is 0.241 e. The maximum atomic E-state index is 12.0. The molecular weight excluding hydrogens is 384 g/mol. The number of aliphatic imine (C=N–C) groups is 1. The van der Waals surface area contributed by atoms with Crippen LogP contribution in [0.3, 0.4) is 0 Å². The molecule has 0 bridgehead atoms. The Kier molecular flexibility index (Phi) is 7.93. The summed E-state index contributed by atoms with van der Waals surface area (Å²) in [5.41, 5.74) is 1.05. The van der Waals surface area contributed by atoms with Crippen LogP contribution in [0.4, 0.5) is 0 Å². The van der Waals surface area contributed by atoms with E-state index in [2.05, 4.69) is 15.6 Å². The lowest BCUT2D eigenvalue weighted by molar-refractivity contribution is -0.186. The van der Waals surface area contributed by atoms with Crippen LogP contribution in [0.5, 0.6) is 5.75 Å². The van der Waals surface area contributed by atoms with Gasteiger partial charge in [0.25, 0.3) is 0 Å². The quantitative estimate of drug-likeness (QED) is 0.520. The van der Waals surface area contributed by atoms with Gasteiger partial charge in [0.05, 0.1) is 26.8 Å². The van der Waals surface area contributed by atoms with Gasteiger partial charge < -0.3 is 29.7 Å². The van der Waals surface area contributed by atoms with Crippen molar-refractivity contribution in [2.45, 2.75) is 50.5 Å². The highest BCUT2D eigenvalue weighted by Crippen LogP contribution is 2.37. The second kappa shape index (κ2) is 10.6. The van der Waals surface area contributed by atoms with E-state index in [0.717, 1.165) is 37.0 Å². The van der Waals surface area contributed by atoms with Gasteiger partial charge in [-0.05, 0) is 30.5 Å². The molecule has 166 valence electrons. The second-order valence-electron chi connectivity index (χ2n) is 8.06. The average Bonchev–Trinajstić information content (AvgIpc) is 3.15. The zero-order valence-electron chi connectivity index (χ0n) is 18.3. The van der Waals surface area contributed by atoms with Gasteiger partial charge in [-0.2, -0.15) is 0 Å². The maximum absolute atomic E-state index is 12.0. The second-order valence-corrected chi connectivity index (χ2v) is 8.06. The topological polar surface area (TPSA) is 84.4 Å².